The van der Waals surface area contributed by atoms with E-state index in [0.717, 1.165) is 67.4 Å². The number of hydrogen-bond donors (Lipinski definition) is 9. The van der Waals surface area contributed by atoms with Crippen molar-refractivity contribution in [2.45, 2.75) is 91.2 Å². The molecule has 8 aromatic carbocycles. The van der Waals surface area contributed by atoms with Gasteiger partial charge in [0.1, 0.15) is 53.3 Å². The molecule has 10 rings (SSSR count). The number of unbranched alkanes of at least 4 members (excludes halogenated alkanes) is 1. The quantitative estimate of drug-likeness (QED) is 0.00565. The number of rotatable bonds is 41. The van der Waals surface area contributed by atoms with Gasteiger partial charge in [0.15, 0.2) is 0 Å². The van der Waals surface area contributed by atoms with E-state index in [1.165, 1.54) is 58.8 Å². The third-order valence-corrected chi connectivity index (χ3v) is 31.1. The monoisotopic (exact) mass is 2370 g/mol. The predicted octanol–water partition coefficient (Wildman–Crippen LogP) is -10.8. The van der Waals surface area contributed by atoms with Crippen molar-refractivity contribution in [2.24, 2.45) is 37.7 Å². The third-order valence-electron chi connectivity index (χ3n) is 18.2. The zero-order chi connectivity index (χ0) is 108. The molecule has 12 N–H and O–H groups in total. The minimum atomic E-state index is -5.07. The van der Waals surface area contributed by atoms with Crippen LogP contribution in [0.15, 0.2) is 181 Å². The van der Waals surface area contributed by atoms with E-state index in [1.807, 2.05) is 79.4 Å². The number of nitrogens with two attached hydrogens (primary N) is 3. The first kappa shape index (κ1) is 155. The summed E-state index contributed by atoms with van der Waals surface area (Å²) < 4.78 is 269. The Labute approximate surface area is 1010 Å². The Hall–Kier alpha value is -4.92. The standard InChI is InChI=1S/C34H37N7O7SSi.C27H21ClN7O7S2.C6H17NO3Si.2C5H15NO3Si.6Na.3O3S.2O2Si/c1-5-41(26-18-10-7-11-19-26)34-37-29(21-12-13-22-50(46-2,47-3)48-4)36-33(38-34)35-27-20-14-15-24-23-28(49(43,44)45)31(32(42)30(24)27)40-39-25-16-8-6-9-17-25;1-2-35(17-8-4-3-5-9-17)27-31-25(28)30-26(32-27)29-21-15-18(43(37,38)39)14-16-12-13-20(24(36)23(16)21)34-33-19-10-6-7-11-22(19)44(40,41)42;1-8-11(9-2,10-3)6-4-5-7;2*1-8-10(7,9-2)5-3-4-6;;;;;;;3*1-4(2)3;2*1-3-2/h6-11,15-16,18-20,23,42H,5,12-13,21-22H2,1-4H3,(H,43,44,45)(H,35,36,37,38);3-12,14-15,36H,2H2,1H3,(H,37,38,39)(H,40,41,42)(H,29,30,31,32);4-7H2,1-3H3;2*7H,3-6H2,1-2H3;;;;;;;;;;;/q-2;-1;;;;6*+1;;;;;/p-3. The molecule has 0 spiro atoms. The maximum atomic E-state index is 12.3. The van der Waals surface area contributed by atoms with Gasteiger partial charge in [0.25, 0.3) is 0 Å². The minimum absolute atomic E-state index is 0. The first-order valence-electron chi connectivity index (χ1n) is 40.5. The smallest absolute Gasteiger partial charge is 0.744 e. The number of para-hydroxylation sites is 2. The summed E-state index contributed by atoms with van der Waals surface area (Å²) in [5.74, 6) is -0.0967. The fourth-order valence-electron chi connectivity index (χ4n) is 11.6. The molecule has 784 valence electrons. The SMILES string of the molecule is CCN(c1ccccc1)c1nc(CCCC[Si](OC)(OC)OC)nc(Nc2c[c-]cc3cc(S(=O)(=O)[O-])c(N=Nc4[c-]cccc4)c(O)c23)n1.CCN(c1ccccc1)c1nc(Cl)nc(Nc2cc(S(=O)(=O)[O-])cc3c[c-]c(N=Nc4ccccc4S(=O)(=O)[O-])c(O)c23)n1.CO[Si](CCCN)(OC)OC.CO[Si](O)(CCCN)OC.CO[Si](O)(CCCN)OC.O=S(=O)=O.O=S(=O)=O.O=S(=O)=O.O=[Si]=O.O=[Si]=O.[Na+].[Na+].[Na+].[Na+].[Na+].[Na+]. The summed E-state index contributed by atoms with van der Waals surface area (Å²) in [6.07, 6.45) is 4.29. The van der Waals surface area contributed by atoms with E-state index in [2.05, 4.69) is 64.2 Å². The number of aromatic hydroxyl groups is 2. The van der Waals surface area contributed by atoms with Gasteiger partial charge in [0.2, 0.25) is 29.1 Å². The van der Waals surface area contributed by atoms with E-state index in [4.69, 9.17) is 144 Å². The fraction of sp³-hybridized carbons (Fsp3) is 0.351. The van der Waals surface area contributed by atoms with E-state index in [-0.39, 0.29) is 250 Å². The number of benzene rings is 8. The maximum absolute atomic E-state index is 12.3. The van der Waals surface area contributed by atoms with Crippen molar-refractivity contribution in [3.8, 4) is 11.5 Å². The largest absolute Gasteiger partial charge is 1.00 e. The first-order chi connectivity index (χ1) is 67.6. The van der Waals surface area contributed by atoms with Gasteiger partial charge in [0, 0.05) is 148 Å². The van der Waals surface area contributed by atoms with Crippen molar-refractivity contribution in [3.63, 3.8) is 0 Å². The second-order valence-electron chi connectivity index (χ2n) is 26.8. The Balaban J connectivity index is -0.000000463. The molecule has 0 aliphatic carbocycles. The molecule has 53 nitrogen and oxygen atoms in total. The zero-order valence-electron chi connectivity index (χ0n) is 84.2. The van der Waals surface area contributed by atoms with Crippen LogP contribution in [0.2, 0.25) is 29.5 Å². The second-order valence-corrected chi connectivity index (χ2v) is 44.4. The molecule has 2 heterocycles. The number of hydrogen-bond acceptors (Lipinski definition) is 53. The average molecular weight is 2380 g/mol. The van der Waals surface area contributed by atoms with Gasteiger partial charge in [-0.1, -0.05) is 77.1 Å². The van der Waals surface area contributed by atoms with Crippen molar-refractivity contribution in [1.29, 1.82) is 0 Å². The van der Waals surface area contributed by atoms with Crippen LogP contribution in [0.25, 0.3) is 21.5 Å². The average Bonchev–Trinajstić information content (AvgIpc) is 0.760. The second kappa shape index (κ2) is 82.5. The Morgan fingerprint density at radius 1 is 0.450 bits per heavy atom. The van der Waals surface area contributed by atoms with Crippen LogP contribution in [0.1, 0.15) is 51.8 Å². The van der Waals surface area contributed by atoms with Crippen LogP contribution in [0.5, 0.6) is 11.5 Å². The topological polar surface area (TPSA) is 802 Å². The summed E-state index contributed by atoms with van der Waals surface area (Å²) in [5, 5.41) is 44.4. The molecule has 0 amide bonds. The minimum Gasteiger partial charge on any atom is -0.744 e. The molecule has 149 heavy (non-hydrogen) atoms. The molecule has 72 heteroatoms. The van der Waals surface area contributed by atoms with Crippen LogP contribution < -0.4 is 215 Å². The third kappa shape index (κ3) is 57.7. The molecule has 0 bridgehead atoms. The summed E-state index contributed by atoms with van der Waals surface area (Å²) in [6, 6.07) is 48.7. The van der Waals surface area contributed by atoms with Crippen LogP contribution in [0.3, 0.4) is 0 Å². The van der Waals surface area contributed by atoms with Crippen molar-refractivity contribution in [2.75, 3.05) is 124 Å². The van der Waals surface area contributed by atoms with Crippen LogP contribution >= 0.6 is 11.6 Å². The van der Waals surface area contributed by atoms with Crippen LogP contribution in [0, 0.1) is 18.2 Å². The van der Waals surface area contributed by atoms with Crippen LogP contribution in [-0.4, -0.2) is 284 Å². The van der Waals surface area contributed by atoms with E-state index < -0.39 is 148 Å². The number of nitrogens with zero attached hydrogens (tertiary/aromatic N) is 12. The number of fused-ring (bicyclic) bond motifs is 2. The molecule has 0 unspecified atom stereocenters. The van der Waals surface area contributed by atoms with E-state index in [9.17, 15) is 58.7 Å². The van der Waals surface area contributed by atoms with Crippen molar-refractivity contribution in [1.82, 2.24) is 29.9 Å². The molecule has 0 aliphatic heterocycles. The molecule has 0 radical (unpaired) electrons. The van der Waals surface area contributed by atoms with E-state index >= 15 is 0 Å². The summed E-state index contributed by atoms with van der Waals surface area (Å²) >= 11 is 6.21. The van der Waals surface area contributed by atoms with Gasteiger partial charge in [0.05, 0.1) is 9.79 Å². The first-order valence-corrected chi connectivity index (χ1v) is 57.5. The molecule has 0 atom stereocenters. The van der Waals surface area contributed by atoms with Gasteiger partial charge >= 0.3 is 263 Å². The number of aromatic nitrogens is 6. The molecule has 0 aliphatic rings. The van der Waals surface area contributed by atoms with Crippen LogP contribution in [-0.2, 0) is 131 Å². The zero-order valence-corrected chi connectivity index (χ0v) is 108. The van der Waals surface area contributed by atoms with Crippen molar-refractivity contribution in [3.05, 3.63) is 175 Å². The van der Waals surface area contributed by atoms with Gasteiger partial charge in [-0.15, -0.1) is 59.8 Å². The molecule has 0 saturated carbocycles. The number of aryl methyl sites for hydroxylation is 1. The number of nitrogens with one attached hydrogen (secondary N) is 2. The van der Waals surface area contributed by atoms with E-state index in [0.29, 0.717) is 75.5 Å². The van der Waals surface area contributed by atoms with Gasteiger partial charge < -0.3 is 115 Å². The van der Waals surface area contributed by atoms with E-state index in [1.54, 1.807) is 77.9 Å². The van der Waals surface area contributed by atoms with Gasteiger partial charge in [-0.25, -0.2) is 25.3 Å². The van der Waals surface area contributed by atoms with Gasteiger partial charge in [-0.2, -0.15) is 99.8 Å². The molecular formula is C77H102ClN17Na6O36S6Si6. The maximum Gasteiger partial charge on any atom is 1.00 e. The Kier molecular flexibility index (Phi) is 85.7. The summed E-state index contributed by atoms with van der Waals surface area (Å²) in [7, 11) is -22.4. The number of phenols is 2. The normalized spacial score (nSPS) is 10.7. The number of halogens is 1. The Morgan fingerprint density at radius 2 is 0.852 bits per heavy atom. The van der Waals surface area contributed by atoms with Gasteiger partial charge in [-0.05, 0) is 125 Å². The summed E-state index contributed by atoms with van der Waals surface area (Å²) in [4.78, 5) is 47.3. The summed E-state index contributed by atoms with van der Waals surface area (Å²) in [5.41, 5.74) is 16.8. The molecular weight excluding hydrogens is 2270 g/mol. The van der Waals surface area contributed by atoms with Crippen molar-refractivity contribution < 1.29 is 336 Å². The van der Waals surface area contributed by atoms with Gasteiger partial charge in [-0.3, -0.25) is 17.8 Å². The Morgan fingerprint density at radius 3 is 1.27 bits per heavy atom. The molecule has 10 aromatic rings. The number of phenolic OH excluding ortho intramolecular Hbond substituents is 2. The number of anilines is 8. The van der Waals surface area contributed by atoms with Crippen LogP contribution in [0.4, 0.5) is 69.3 Å². The molecule has 2 aromatic heterocycles. The van der Waals surface area contributed by atoms with Crippen molar-refractivity contribution >= 4 is 218 Å². The number of azo groups is 2. The molecule has 0 saturated heterocycles. The molecule has 0 fully saturated rings. The fourth-order valence-corrected chi connectivity index (χ4v) is 19.6. The Bertz CT molecular complexity index is 6430. The predicted molar refractivity (Wildman–Crippen MR) is 516 cm³/mol. The summed E-state index contributed by atoms with van der Waals surface area (Å²) in [6.45, 7) is 6.60.